The van der Waals surface area contributed by atoms with Crippen LogP contribution in [0.3, 0.4) is 0 Å². The second-order valence-corrected chi connectivity index (χ2v) is 8.23. The fourth-order valence-corrected chi connectivity index (χ4v) is 3.59. The summed E-state index contributed by atoms with van der Waals surface area (Å²) in [7, 11) is 0. The molecule has 0 radical (unpaired) electrons. The zero-order chi connectivity index (χ0) is 22.8. The number of rotatable bonds is 9. The molecule has 1 aliphatic heterocycles. The topological polar surface area (TPSA) is 95.0 Å². The highest BCUT2D eigenvalue weighted by Crippen LogP contribution is 2.19. The molecule has 1 amide bonds. The van der Waals surface area contributed by atoms with Crippen molar-refractivity contribution in [3.8, 4) is 0 Å². The van der Waals surface area contributed by atoms with Crippen LogP contribution in [0, 0.1) is 0 Å². The lowest BCUT2D eigenvalue weighted by Crippen LogP contribution is -2.44. The predicted molar refractivity (Wildman–Crippen MR) is 142 cm³/mol. The Morgan fingerprint density at radius 3 is 2.64 bits per heavy atom. The van der Waals surface area contributed by atoms with E-state index >= 15 is 0 Å². The highest BCUT2D eigenvalue weighted by atomic mass is 127. The first-order valence-corrected chi connectivity index (χ1v) is 11.3. The molecule has 180 valence electrons. The molecule has 1 fully saturated rings. The number of nitrogens with one attached hydrogen (secondary N) is 3. The summed E-state index contributed by atoms with van der Waals surface area (Å²) in [5.74, 6) is 0.507. The molecule has 1 saturated heterocycles. The highest BCUT2D eigenvalue weighted by Gasteiger charge is 2.23. The summed E-state index contributed by atoms with van der Waals surface area (Å²) in [6, 6.07) is 17.0. The minimum atomic E-state index is -1.03. The molecule has 1 heterocycles. The van der Waals surface area contributed by atoms with Gasteiger partial charge in [-0.25, -0.2) is 4.99 Å². The van der Waals surface area contributed by atoms with Gasteiger partial charge in [-0.05, 0) is 49.9 Å². The number of halogens is 1. The van der Waals surface area contributed by atoms with Gasteiger partial charge in [0, 0.05) is 25.3 Å². The van der Waals surface area contributed by atoms with Gasteiger partial charge in [0.2, 0.25) is 0 Å². The molecule has 2 aromatic rings. The summed E-state index contributed by atoms with van der Waals surface area (Å²) in [4.78, 5) is 17.1. The van der Waals surface area contributed by atoms with Crippen LogP contribution in [0.25, 0.3) is 0 Å². The Hall–Kier alpha value is -2.17. The van der Waals surface area contributed by atoms with Crippen LogP contribution in [-0.2, 0) is 16.9 Å². The van der Waals surface area contributed by atoms with Gasteiger partial charge in [0.15, 0.2) is 5.96 Å². The molecule has 7 nitrogen and oxygen atoms in total. The van der Waals surface area contributed by atoms with Crippen molar-refractivity contribution in [1.82, 2.24) is 16.0 Å². The van der Waals surface area contributed by atoms with Gasteiger partial charge in [-0.15, -0.1) is 24.0 Å². The van der Waals surface area contributed by atoms with Crippen molar-refractivity contribution in [3.05, 3.63) is 71.3 Å². The summed E-state index contributed by atoms with van der Waals surface area (Å²) in [6.07, 6.45) is 2.16. The van der Waals surface area contributed by atoms with E-state index in [9.17, 15) is 9.90 Å². The third kappa shape index (κ3) is 8.60. The molecule has 0 saturated carbocycles. The van der Waals surface area contributed by atoms with Crippen LogP contribution in [0.1, 0.15) is 48.2 Å². The van der Waals surface area contributed by atoms with Gasteiger partial charge in [-0.3, -0.25) is 4.79 Å². The maximum Gasteiger partial charge on any atom is 0.251 e. The number of hydrogen-bond donors (Lipinski definition) is 4. The molecule has 0 spiro atoms. The van der Waals surface area contributed by atoms with E-state index in [1.165, 1.54) is 0 Å². The fourth-order valence-electron chi connectivity index (χ4n) is 3.59. The Morgan fingerprint density at radius 2 is 1.94 bits per heavy atom. The van der Waals surface area contributed by atoms with E-state index < -0.39 is 5.60 Å². The van der Waals surface area contributed by atoms with Crippen molar-refractivity contribution in [2.45, 2.75) is 44.9 Å². The third-order valence-corrected chi connectivity index (χ3v) is 5.46. The van der Waals surface area contributed by atoms with Gasteiger partial charge in [0.05, 0.1) is 19.2 Å². The van der Waals surface area contributed by atoms with E-state index in [0.29, 0.717) is 37.7 Å². The van der Waals surface area contributed by atoms with Crippen LogP contribution < -0.4 is 16.0 Å². The zero-order valence-corrected chi connectivity index (χ0v) is 21.7. The fraction of sp³-hybridized carbons (Fsp3) is 0.440. The van der Waals surface area contributed by atoms with Gasteiger partial charge in [-0.1, -0.05) is 42.5 Å². The van der Waals surface area contributed by atoms with Gasteiger partial charge in [-0.2, -0.15) is 0 Å². The lowest BCUT2D eigenvalue weighted by molar-refractivity contribution is 0.0617. The third-order valence-electron chi connectivity index (χ3n) is 5.46. The molecule has 1 aliphatic rings. The van der Waals surface area contributed by atoms with E-state index in [-0.39, 0.29) is 36.0 Å². The van der Waals surface area contributed by atoms with Crippen LogP contribution in [0.4, 0.5) is 0 Å². The normalized spacial score (nSPS) is 17.5. The summed E-state index contributed by atoms with van der Waals surface area (Å²) >= 11 is 0. The molecule has 4 N–H and O–H groups in total. The first-order chi connectivity index (χ1) is 15.5. The van der Waals surface area contributed by atoms with Gasteiger partial charge in [0.1, 0.15) is 5.60 Å². The van der Waals surface area contributed by atoms with Crippen molar-refractivity contribution in [3.63, 3.8) is 0 Å². The molecule has 8 heteroatoms. The van der Waals surface area contributed by atoms with Crippen LogP contribution in [0.15, 0.2) is 59.6 Å². The number of carbonyl (C=O) groups excluding carboxylic acids is 1. The van der Waals surface area contributed by atoms with E-state index in [0.717, 1.165) is 30.6 Å². The number of benzene rings is 2. The van der Waals surface area contributed by atoms with E-state index in [4.69, 9.17) is 4.74 Å². The first-order valence-electron chi connectivity index (χ1n) is 11.3. The second-order valence-electron chi connectivity index (χ2n) is 8.23. The molecule has 2 atom stereocenters. The summed E-state index contributed by atoms with van der Waals surface area (Å²) in [5.41, 5.74) is 1.35. The summed E-state index contributed by atoms with van der Waals surface area (Å²) < 4.78 is 5.56. The molecule has 0 aliphatic carbocycles. The van der Waals surface area contributed by atoms with E-state index in [1.54, 1.807) is 13.0 Å². The Kier molecular flexibility index (Phi) is 11.1. The maximum atomic E-state index is 12.5. The van der Waals surface area contributed by atoms with Crippen molar-refractivity contribution in [1.29, 1.82) is 0 Å². The molecular formula is C25H35IN4O3. The van der Waals surface area contributed by atoms with Crippen molar-refractivity contribution >= 4 is 35.8 Å². The Bertz CT molecular complexity index is 900. The molecule has 2 aromatic carbocycles. The largest absolute Gasteiger partial charge is 0.384 e. The van der Waals surface area contributed by atoms with Crippen LogP contribution in [0.5, 0.6) is 0 Å². The second kappa shape index (κ2) is 13.5. The zero-order valence-electron chi connectivity index (χ0n) is 19.3. The Labute approximate surface area is 213 Å². The molecule has 3 rings (SSSR count). The lowest BCUT2D eigenvalue weighted by atomic mass is 9.96. The first kappa shape index (κ1) is 27.1. The minimum absolute atomic E-state index is 0. The monoisotopic (exact) mass is 566 g/mol. The van der Waals surface area contributed by atoms with Gasteiger partial charge >= 0.3 is 0 Å². The number of guanidine groups is 1. The smallest absolute Gasteiger partial charge is 0.251 e. The Balaban J connectivity index is 0.00000385. The maximum absolute atomic E-state index is 12.5. The van der Waals surface area contributed by atoms with Crippen LogP contribution in [0.2, 0.25) is 0 Å². The molecule has 0 bridgehead atoms. The number of ether oxygens (including phenoxy) is 1. The number of aliphatic imine (C=N–C) groups is 1. The minimum Gasteiger partial charge on any atom is -0.384 e. The lowest BCUT2D eigenvalue weighted by Gasteiger charge is -2.25. The predicted octanol–water partition coefficient (Wildman–Crippen LogP) is 3.18. The average Bonchev–Trinajstić information content (AvgIpc) is 3.34. The van der Waals surface area contributed by atoms with E-state index in [1.807, 2.05) is 55.5 Å². The van der Waals surface area contributed by atoms with Gasteiger partial charge in [0.25, 0.3) is 5.91 Å². The summed E-state index contributed by atoms with van der Waals surface area (Å²) in [6.45, 7) is 6.51. The standard InChI is InChI=1S/C25H34N4O3.HI/c1-3-26-24(29-18-25(2,31)21-11-5-4-6-12-21)28-16-19-9-7-10-20(15-19)23(30)27-17-22-13-8-14-32-22;/h4-7,9-12,15,22,31H,3,8,13-14,16-18H2,1-2H3,(H,27,30)(H2,26,28,29);1H. The molecule has 0 aromatic heterocycles. The Morgan fingerprint density at radius 1 is 1.15 bits per heavy atom. The van der Waals surface area contributed by atoms with Crippen molar-refractivity contribution < 1.29 is 14.6 Å². The van der Waals surface area contributed by atoms with E-state index in [2.05, 4.69) is 20.9 Å². The van der Waals surface area contributed by atoms with Crippen molar-refractivity contribution in [2.75, 3.05) is 26.2 Å². The molecule has 2 unspecified atom stereocenters. The highest BCUT2D eigenvalue weighted by molar-refractivity contribution is 14.0. The van der Waals surface area contributed by atoms with Gasteiger partial charge < -0.3 is 25.8 Å². The van der Waals surface area contributed by atoms with Crippen molar-refractivity contribution in [2.24, 2.45) is 4.99 Å². The average molecular weight is 566 g/mol. The number of aliphatic hydroxyl groups is 1. The number of hydrogen-bond acceptors (Lipinski definition) is 4. The number of nitrogens with zero attached hydrogens (tertiary/aromatic N) is 1. The molecular weight excluding hydrogens is 531 g/mol. The summed E-state index contributed by atoms with van der Waals surface area (Å²) in [5, 5.41) is 20.2. The number of amides is 1. The molecule has 33 heavy (non-hydrogen) atoms. The quantitative estimate of drug-likeness (QED) is 0.213. The van der Waals surface area contributed by atoms with Crippen LogP contribution in [-0.4, -0.2) is 49.3 Å². The SMILES string of the molecule is CCNC(=NCc1cccc(C(=O)NCC2CCCO2)c1)NCC(C)(O)c1ccccc1.I. The number of carbonyl (C=O) groups is 1. The van der Waals surface area contributed by atoms with Crippen LogP contribution >= 0.6 is 24.0 Å².